The van der Waals surface area contributed by atoms with Gasteiger partial charge in [-0.25, -0.2) is 0 Å². The number of aromatic nitrogens is 6. The number of aryl methyl sites for hydroxylation is 3. The fourth-order valence-electron chi connectivity index (χ4n) is 3.36. The Labute approximate surface area is 183 Å². The lowest BCUT2D eigenvalue weighted by molar-refractivity contribution is -0.386. The molecule has 1 unspecified atom stereocenters. The molecule has 0 aliphatic carbocycles. The zero-order chi connectivity index (χ0) is 23.6. The molecule has 1 atom stereocenters. The third-order valence-electron chi connectivity index (χ3n) is 5.04. The molecule has 0 radical (unpaired) electrons. The van der Waals surface area contributed by atoms with E-state index in [9.17, 15) is 19.7 Å². The van der Waals surface area contributed by atoms with Crippen LogP contribution in [0.25, 0.3) is 0 Å². The van der Waals surface area contributed by atoms with Crippen molar-refractivity contribution in [3.8, 4) is 0 Å². The number of carbonyl (C=O) groups excluding carboxylic acids is 2. The first-order valence-corrected chi connectivity index (χ1v) is 9.85. The second kappa shape index (κ2) is 8.99. The van der Waals surface area contributed by atoms with E-state index in [-0.39, 0.29) is 36.1 Å². The van der Waals surface area contributed by atoms with Gasteiger partial charge in [0.1, 0.15) is 17.1 Å². The third kappa shape index (κ3) is 4.66. The summed E-state index contributed by atoms with van der Waals surface area (Å²) < 4.78 is 4.46. The van der Waals surface area contributed by atoms with Crippen LogP contribution in [0.4, 0.5) is 11.4 Å². The van der Waals surface area contributed by atoms with E-state index in [1.54, 1.807) is 51.9 Å². The molecule has 3 rings (SSSR count). The maximum absolute atomic E-state index is 12.8. The third-order valence-corrected chi connectivity index (χ3v) is 5.04. The molecule has 0 saturated carbocycles. The lowest BCUT2D eigenvalue weighted by Crippen LogP contribution is -2.29. The smallest absolute Gasteiger partial charge is 0.312 e. The molecule has 0 saturated heterocycles. The van der Waals surface area contributed by atoms with Gasteiger partial charge in [-0.1, -0.05) is 6.92 Å². The summed E-state index contributed by atoms with van der Waals surface area (Å²) >= 11 is 0. The first-order valence-electron chi connectivity index (χ1n) is 9.85. The molecular weight excluding hydrogens is 418 g/mol. The molecule has 2 amide bonds. The molecule has 32 heavy (non-hydrogen) atoms. The van der Waals surface area contributed by atoms with Crippen molar-refractivity contribution < 1.29 is 14.5 Å². The van der Waals surface area contributed by atoms with Crippen molar-refractivity contribution in [3.63, 3.8) is 0 Å². The monoisotopic (exact) mass is 443 g/mol. The van der Waals surface area contributed by atoms with Crippen LogP contribution in [0.3, 0.4) is 0 Å². The zero-order valence-electron chi connectivity index (χ0n) is 18.5. The first kappa shape index (κ1) is 22.7. The summed E-state index contributed by atoms with van der Waals surface area (Å²) in [4.78, 5) is 36.1. The Bertz CT molecular complexity index is 1170. The fourth-order valence-corrected chi connectivity index (χ4v) is 3.36. The summed E-state index contributed by atoms with van der Waals surface area (Å²) in [5.74, 6) is -1.33. The molecular formula is C19H25N9O4. The number of rotatable bonds is 8. The number of anilines is 1. The number of nitro groups is 1. The van der Waals surface area contributed by atoms with Crippen LogP contribution in [0.5, 0.6) is 0 Å². The lowest BCUT2D eigenvalue weighted by Gasteiger charge is -2.13. The minimum atomic E-state index is -0.570. The number of hydrogen-bond donors (Lipinski definition) is 2. The van der Waals surface area contributed by atoms with Crippen molar-refractivity contribution >= 4 is 23.2 Å². The Balaban J connectivity index is 1.68. The normalized spacial score (nSPS) is 11.9. The van der Waals surface area contributed by atoms with Crippen molar-refractivity contribution in [1.82, 2.24) is 34.7 Å². The van der Waals surface area contributed by atoms with Crippen molar-refractivity contribution in [1.29, 1.82) is 0 Å². The highest BCUT2D eigenvalue weighted by atomic mass is 16.6. The van der Waals surface area contributed by atoms with Gasteiger partial charge in [-0.15, -0.1) is 0 Å². The Morgan fingerprint density at radius 1 is 1.22 bits per heavy atom. The van der Waals surface area contributed by atoms with Crippen LogP contribution in [0.15, 0.2) is 18.6 Å². The van der Waals surface area contributed by atoms with Crippen LogP contribution in [0, 0.1) is 29.9 Å². The van der Waals surface area contributed by atoms with E-state index in [0.717, 1.165) is 5.56 Å². The molecule has 0 aromatic carbocycles. The van der Waals surface area contributed by atoms with Crippen LogP contribution in [-0.4, -0.2) is 46.1 Å². The Hall–Kier alpha value is -4.03. The predicted molar refractivity (Wildman–Crippen MR) is 114 cm³/mol. The van der Waals surface area contributed by atoms with E-state index in [4.69, 9.17) is 0 Å². The van der Waals surface area contributed by atoms with Gasteiger partial charge in [-0.2, -0.15) is 15.3 Å². The summed E-state index contributed by atoms with van der Waals surface area (Å²) in [6.45, 7) is 5.25. The van der Waals surface area contributed by atoms with E-state index >= 15 is 0 Å². The summed E-state index contributed by atoms with van der Waals surface area (Å²) in [5.41, 5.74) is 1.92. The average molecular weight is 443 g/mol. The molecule has 170 valence electrons. The summed E-state index contributed by atoms with van der Waals surface area (Å²) in [7, 11) is 3.39. The van der Waals surface area contributed by atoms with Gasteiger partial charge in [0, 0.05) is 32.4 Å². The Morgan fingerprint density at radius 2 is 1.94 bits per heavy atom. The van der Waals surface area contributed by atoms with Crippen LogP contribution < -0.4 is 10.6 Å². The maximum Gasteiger partial charge on any atom is 0.312 e. The molecule has 0 spiro atoms. The highest BCUT2D eigenvalue weighted by molar-refractivity contribution is 6.02. The molecule has 0 aliphatic heterocycles. The van der Waals surface area contributed by atoms with Gasteiger partial charge in [-0.05, 0) is 13.8 Å². The van der Waals surface area contributed by atoms with E-state index in [0.29, 0.717) is 11.4 Å². The fraction of sp³-hybridized carbons (Fsp3) is 0.421. The van der Waals surface area contributed by atoms with Gasteiger partial charge < -0.3 is 10.6 Å². The highest BCUT2D eigenvalue weighted by Gasteiger charge is 2.25. The zero-order valence-corrected chi connectivity index (χ0v) is 18.5. The number of amides is 2. The summed E-state index contributed by atoms with van der Waals surface area (Å²) in [5, 5.41) is 29.0. The van der Waals surface area contributed by atoms with Crippen LogP contribution >= 0.6 is 0 Å². The minimum Gasteiger partial charge on any atom is -0.346 e. The van der Waals surface area contributed by atoms with Gasteiger partial charge in [0.25, 0.3) is 5.91 Å². The van der Waals surface area contributed by atoms with Gasteiger partial charge in [0.15, 0.2) is 0 Å². The topological polar surface area (TPSA) is 155 Å². The van der Waals surface area contributed by atoms with Gasteiger partial charge >= 0.3 is 5.69 Å². The van der Waals surface area contributed by atoms with Crippen LogP contribution in [0.2, 0.25) is 0 Å². The molecule has 0 aliphatic rings. The number of nitrogens with one attached hydrogen (secondary N) is 2. The number of hydrogen-bond acceptors (Lipinski definition) is 7. The maximum atomic E-state index is 12.8. The van der Waals surface area contributed by atoms with Gasteiger partial charge in [-0.3, -0.25) is 33.7 Å². The Kier molecular flexibility index (Phi) is 6.37. The standard InChI is InChI=1S/C19H25N9O4/c1-11(9-27-13(3)16(28(31)32)12(2)24-27)18(29)23-15-8-22-26(5)17(15)19(30)20-6-14-7-21-25(4)10-14/h7-8,10-11H,6,9H2,1-5H3,(H,20,30)(H,23,29). The molecule has 2 N–H and O–H groups in total. The molecule has 3 aromatic rings. The minimum absolute atomic E-state index is 0.0579. The van der Waals surface area contributed by atoms with Crippen molar-refractivity contribution in [2.75, 3.05) is 5.32 Å². The number of nitrogens with zero attached hydrogens (tertiary/aromatic N) is 7. The van der Waals surface area contributed by atoms with Crippen molar-refractivity contribution in [3.05, 3.63) is 51.4 Å². The molecule has 13 nitrogen and oxygen atoms in total. The molecule has 3 aromatic heterocycles. The van der Waals surface area contributed by atoms with Gasteiger partial charge in [0.2, 0.25) is 5.91 Å². The summed E-state index contributed by atoms with van der Waals surface area (Å²) in [6.07, 6.45) is 4.84. The largest absolute Gasteiger partial charge is 0.346 e. The Morgan fingerprint density at radius 3 is 2.53 bits per heavy atom. The lowest BCUT2D eigenvalue weighted by atomic mass is 10.1. The molecule has 13 heteroatoms. The highest BCUT2D eigenvalue weighted by Crippen LogP contribution is 2.23. The van der Waals surface area contributed by atoms with Crippen molar-refractivity contribution in [2.24, 2.45) is 20.0 Å². The average Bonchev–Trinajstić information content (AvgIpc) is 3.37. The molecule has 0 bridgehead atoms. The molecule has 3 heterocycles. The quantitative estimate of drug-likeness (QED) is 0.390. The second-order valence-corrected chi connectivity index (χ2v) is 7.58. The van der Waals surface area contributed by atoms with Crippen LogP contribution in [-0.2, 0) is 32.0 Å². The summed E-state index contributed by atoms with van der Waals surface area (Å²) in [6, 6.07) is 0. The van der Waals surface area contributed by atoms with Gasteiger partial charge in [0.05, 0.1) is 35.5 Å². The second-order valence-electron chi connectivity index (χ2n) is 7.58. The van der Waals surface area contributed by atoms with E-state index < -0.39 is 16.7 Å². The van der Waals surface area contributed by atoms with E-state index in [1.165, 1.54) is 15.6 Å². The van der Waals surface area contributed by atoms with Crippen molar-refractivity contribution in [2.45, 2.75) is 33.9 Å². The number of carbonyl (C=O) groups is 2. The van der Waals surface area contributed by atoms with Crippen LogP contribution in [0.1, 0.15) is 34.4 Å². The predicted octanol–water partition coefficient (Wildman–Crippen LogP) is 1.08. The SMILES string of the molecule is Cc1nn(CC(C)C(=O)Nc2cnn(C)c2C(=O)NCc2cnn(C)c2)c(C)c1[N+](=O)[O-]. The van der Waals surface area contributed by atoms with E-state index in [1.807, 2.05) is 0 Å². The molecule has 0 fully saturated rings. The van der Waals surface area contributed by atoms with E-state index in [2.05, 4.69) is 25.9 Å². The first-order chi connectivity index (χ1) is 15.1.